The lowest BCUT2D eigenvalue weighted by Gasteiger charge is -2.34. The molecule has 0 radical (unpaired) electrons. The molecule has 0 bridgehead atoms. The minimum atomic E-state index is -0.362. The lowest BCUT2D eigenvalue weighted by atomic mass is 9.92. The second-order valence-electron chi connectivity index (χ2n) is 7.50. The molecule has 28 heavy (non-hydrogen) atoms. The van der Waals surface area contributed by atoms with Crippen LogP contribution in [-0.4, -0.2) is 71.8 Å². The van der Waals surface area contributed by atoms with Crippen molar-refractivity contribution >= 4 is 23.5 Å². The lowest BCUT2D eigenvalue weighted by molar-refractivity contribution is -0.134. The summed E-state index contributed by atoms with van der Waals surface area (Å²) in [6.07, 6.45) is 4.85. The van der Waals surface area contributed by atoms with Crippen LogP contribution in [0.25, 0.3) is 0 Å². The van der Waals surface area contributed by atoms with Gasteiger partial charge in [-0.25, -0.2) is 4.98 Å². The maximum atomic E-state index is 12.3. The van der Waals surface area contributed by atoms with E-state index in [0.29, 0.717) is 25.2 Å². The summed E-state index contributed by atoms with van der Waals surface area (Å²) in [7, 11) is 0. The standard InChI is InChI=1S/C20H29N5O3/c1-2-3-8-24-9-11-25(12-10-24)14-19(27)22-17-6-4-15(13-21-17)16-5-7-18(26)23-20(16)28/h4,6,13,16H,2-3,5,7-12,14H2,1H3,(H,21,22,27)(H,23,26,28). The molecule has 2 N–H and O–H groups in total. The highest BCUT2D eigenvalue weighted by atomic mass is 16.2. The molecule has 8 nitrogen and oxygen atoms in total. The van der Waals surface area contributed by atoms with Gasteiger partial charge in [-0.15, -0.1) is 0 Å². The SMILES string of the molecule is CCCCN1CCN(CC(=O)Nc2ccc(C3CCC(=O)NC3=O)cn2)CC1. The Morgan fingerprint density at radius 3 is 2.61 bits per heavy atom. The zero-order valence-electron chi connectivity index (χ0n) is 16.4. The van der Waals surface area contributed by atoms with Crippen LogP contribution < -0.4 is 10.6 Å². The average Bonchev–Trinajstić information content (AvgIpc) is 2.68. The van der Waals surface area contributed by atoms with Crippen molar-refractivity contribution in [3.63, 3.8) is 0 Å². The summed E-state index contributed by atoms with van der Waals surface area (Å²) < 4.78 is 0. The van der Waals surface area contributed by atoms with Gasteiger partial charge in [0.2, 0.25) is 17.7 Å². The quantitative estimate of drug-likeness (QED) is 0.677. The van der Waals surface area contributed by atoms with Crippen LogP contribution in [0.3, 0.4) is 0 Å². The number of pyridine rings is 1. The van der Waals surface area contributed by atoms with Crippen molar-refractivity contribution in [3.8, 4) is 0 Å². The summed E-state index contributed by atoms with van der Waals surface area (Å²) >= 11 is 0. The van der Waals surface area contributed by atoms with Gasteiger partial charge in [0.25, 0.3) is 0 Å². The van der Waals surface area contributed by atoms with Gasteiger partial charge in [0.05, 0.1) is 12.5 Å². The van der Waals surface area contributed by atoms with Gasteiger partial charge in [0.15, 0.2) is 0 Å². The summed E-state index contributed by atoms with van der Waals surface area (Å²) in [5.74, 6) is -0.484. The van der Waals surface area contributed by atoms with Crippen molar-refractivity contribution in [2.24, 2.45) is 0 Å². The molecule has 3 amide bonds. The first-order valence-corrected chi connectivity index (χ1v) is 10.1. The predicted octanol–water partition coefficient (Wildman–Crippen LogP) is 0.958. The molecule has 2 saturated heterocycles. The molecular formula is C20H29N5O3. The molecular weight excluding hydrogens is 358 g/mol. The molecule has 0 spiro atoms. The third kappa shape index (κ3) is 5.59. The third-order valence-electron chi connectivity index (χ3n) is 5.36. The molecule has 8 heteroatoms. The van der Waals surface area contributed by atoms with Gasteiger partial charge >= 0.3 is 0 Å². The van der Waals surface area contributed by atoms with Crippen molar-refractivity contribution in [2.45, 2.75) is 38.5 Å². The maximum absolute atomic E-state index is 12.3. The first-order valence-electron chi connectivity index (χ1n) is 10.1. The van der Waals surface area contributed by atoms with Crippen LogP contribution in [0.5, 0.6) is 0 Å². The Bertz CT molecular complexity index is 698. The van der Waals surface area contributed by atoms with Crippen LogP contribution in [0.1, 0.15) is 44.1 Å². The normalized spacial score (nSPS) is 21.4. The van der Waals surface area contributed by atoms with Gasteiger partial charge in [0.1, 0.15) is 5.82 Å². The van der Waals surface area contributed by atoms with Crippen LogP contribution in [0.2, 0.25) is 0 Å². The second kappa shape index (κ2) is 9.75. The number of aromatic nitrogens is 1. The summed E-state index contributed by atoms with van der Waals surface area (Å²) in [5, 5.41) is 5.17. The molecule has 3 heterocycles. The van der Waals surface area contributed by atoms with Gasteiger partial charge in [-0.3, -0.25) is 24.6 Å². The molecule has 152 valence electrons. The van der Waals surface area contributed by atoms with E-state index in [9.17, 15) is 14.4 Å². The van der Waals surface area contributed by atoms with Gasteiger partial charge in [-0.05, 0) is 31.0 Å². The van der Waals surface area contributed by atoms with Crippen LogP contribution in [0.4, 0.5) is 5.82 Å². The fraction of sp³-hybridized carbons (Fsp3) is 0.600. The zero-order chi connectivity index (χ0) is 19.9. The number of piperidine rings is 1. The van der Waals surface area contributed by atoms with Gasteiger partial charge in [-0.1, -0.05) is 19.4 Å². The van der Waals surface area contributed by atoms with Crippen molar-refractivity contribution in [1.82, 2.24) is 20.1 Å². The largest absolute Gasteiger partial charge is 0.310 e. The van der Waals surface area contributed by atoms with Crippen molar-refractivity contribution in [3.05, 3.63) is 23.9 Å². The molecule has 1 aromatic rings. The Labute approximate surface area is 165 Å². The highest BCUT2D eigenvalue weighted by molar-refractivity contribution is 6.01. The van der Waals surface area contributed by atoms with E-state index < -0.39 is 0 Å². The minimum Gasteiger partial charge on any atom is -0.310 e. The van der Waals surface area contributed by atoms with Crippen molar-refractivity contribution < 1.29 is 14.4 Å². The Kier molecular flexibility index (Phi) is 7.11. The van der Waals surface area contributed by atoms with Crippen LogP contribution in [0, 0.1) is 0 Å². The van der Waals surface area contributed by atoms with E-state index in [1.165, 1.54) is 12.8 Å². The fourth-order valence-corrected chi connectivity index (χ4v) is 3.64. The highest BCUT2D eigenvalue weighted by Gasteiger charge is 2.28. The number of piperazine rings is 1. The maximum Gasteiger partial charge on any atom is 0.239 e. The van der Waals surface area contributed by atoms with E-state index >= 15 is 0 Å². The van der Waals surface area contributed by atoms with E-state index in [4.69, 9.17) is 0 Å². The van der Waals surface area contributed by atoms with Crippen molar-refractivity contribution in [1.29, 1.82) is 0 Å². The molecule has 0 saturated carbocycles. The lowest BCUT2D eigenvalue weighted by Crippen LogP contribution is -2.48. The monoisotopic (exact) mass is 387 g/mol. The van der Waals surface area contributed by atoms with E-state index in [0.717, 1.165) is 38.3 Å². The van der Waals surface area contributed by atoms with E-state index in [-0.39, 0.29) is 23.6 Å². The highest BCUT2D eigenvalue weighted by Crippen LogP contribution is 2.24. The Morgan fingerprint density at radius 1 is 1.21 bits per heavy atom. The molecule has 2 fully saturated rings. The third-order valence-corrected chi connectivity index (χ3v) is 5.36. The van der Waals surface area contributed by atoms with E-state index in [1.807, 2.05) is 0 Å². The number of hydrogen-bond acceptors (Lipinski definition) is 6. The number of rotatable bonds is 7. The number of unbranched alkanes of at least 4 members (excludes halogenated alkanes) is 1. The number of imide groups is 1. The number of hydrogen-bond donors (Lipinski definition) is 2. The molecule has 2 aliphatic heterocycles. The molecule has 1 aromatic heterocycles. The molecule has 3 rings (SSSR count). The summed E-state index contributed by atoms with van der Waals surface area (Å²) in [5.41, 5.74) is 0.756. The van der Waals surface area contributed by atoms with Crippen molar-refractivity contribution in [2.75, 3.05) is 44.6 Å². The predicted molar refractivity (Wildman–Crippen MR) is 106 cm³/mol. The Balaban J connectivity index is 1.45. The summed E-state index contributed by atoms with van der Waals surface area (Å²) in [4.78, 5) is 44.4. The molecule has 2 aliphatic rings. The smallest absolute Gasteiger partial charge is 0.239 e. The van der Waals surface area contributed by atoms with Gasteiger partial charge in [0, 0.05) is 38.8 Å². The van der Waals surface area contributed by atoms with Crippen LogP contribution in [-0.2, 0) is 14.4 Å². The summed E-state index contributed by atoms with van der Waals surface area (Å²) in [6.45, 7) is 7.51. The van der Waals surface area contributed by atoms with Gasteiger partial charge in [-0.2, -0.15) is 0 Å². The average molecular weight is 387 g/mol. The minimum absolute atomic E-state index is 0.0803. The summed E-state index contributed by atoms with van der Waals surface area (Å²) in [6, 6.07) is 3.49. The fourth-order valence-electron chi connectivity index (χ4n) is 3.64. The van der Waals surface area contributed by atoms with E-state index in [2.05, 4.69) is 32.3 Å². The zero-order valence-corrected chi connectivity index (χ0v) is 16.4. The molecule has 1 atom stereocenters. The van der Waals surface area contributed by atoms with Gasteiger partial charge < -0.3 is 10.2 Å². The first-order chi connectivity index (χ1) is 13.5. The topological polar surface area (TPSA) is 94.6 Å². The number of carbonyl (C=O) groups excluding carboxylic acids is 3. The second-order valence-corrected chi connectivity index (χ2v) is 7.50. The number of amides is 3. The molecule has 0 aromatic carbocycles. The van der Waals surface area contributed by atoms with Crippen LogP contribution in [0.15, 0.2) is 18.3 Å². The first kappa shape index (κ1) is 20.4. The molecule has 0 aliphatic carbocycles. The number of nitrogens with one attached hydrogen (secondary N) is 2. The van der Waals surface area contributed by atoms with Crippen LogP contribution >= 0.6 is 0 Å². The number of carbonyl (C=O) groups is 3. The number of nitrogens with zero attached hydrogens (tertiary/aromatic N) is 3. The number of anilines is 1. The molecule has 1 unspecified atom stereocenters. The van der Waals surface area contributed by atoms with E-state index in [1.54, 1.807) is 18.3 Å². The Morgan fingerprint density at radius 2 is 1.96 bits per heavy atom. The Hall–Kier alpha value is -2.32.